The summed E-state index contributed by atoms with van der Waals surface area (Å²) in [5.41, 5.74) is 2.50. The predicted molar refractivity (Wildman–Crippen MR) is 82.5 cm³/mol. The molecular weight excluding hydrogens is 279 g/mol. The first-order chi connectivity index (χ1) is 9.22. The molecule has 0 N–H and O–H groups in total. The summed E-state index contributed by atoms with van der Waals surface area (Å²) in [5.74, 6) is 1.84. The molecule has 1 saturated heterocycles. The third-order valence-electron chi connectivity index (χ3n) is 4.25. The van der Waals surface area contributed by atoms with E-state index in [0.717, 1.165) is 32.5 Å². The highest BCUT2D eigenvalue weighted by molar-refractivity contribution is 6.22. The highest BCUT2D eigenvalue weighted by atomic mass is 35.5. The third kappa shape index (κ3) is 3.45. The molecule has 106 valence electrons. The molecule has 2 rings (SSSR count). The van der Waals surface area contributed by atoms with Gasteiger partial charge in [0.05, 0.1) is 0 Å². The Balaban J connectivity index is 2.23. The molecule has 3 heteroatoms. The second-order valence-corrected chi connectivity index (χ2v) is 6.16. The van der Waals surface area contributed by atoms with E-state index < -0.39 is 0 Å². The van der Waals surface area contributed by atoms with E-state index in [2.05, 4.69) is 31.2 Å². The number of rotatable bonds is 5. The average Bonchev–Trinajstić information content (AvgIpc) is 2.47. The average molecular weight is 301 g/mol. The van der Waals surface area contributed by atoms with Crippen LogP contribution in [-0.4, -0.2) is 25.0 Å². The van der Waals surface area contributed by atoms with Crippen molar-refractivity contribution in [3.8, 4) is 0 Å². The Bertz CT molecular complexity index is 395. The summed E-state index contributed by atoms with van der Waals surface area (Å²) in [6.07, 6.45) is 3.32. The van der Waals surface area contributed by atoms with Gasteiger partial charge in [0.25, 0.3) is 0 Å². The highest BCUT2D eigenvalue weighted by Crippen LogP contribution is 2.38. The van der Waals surface area contributed by atoms with Crippen LogP contribution in [0.5, 0.6) is 0 Å². The molecule has 1 fully saturated rings. The third-order valence-corrected chi connectivity index (χ3v) is 5.27. The van der Waals surface area contributed by atoms with E-state index >= 15 is 0 Å². The van der Waals surface area contributed by atoms with Crippen LogP contribution in [0.2, 0.25) is 0 Å². The molecule has 0 unspecified atom stereocenters. The first-order valence-electron chi connectivity index (χ1n) is 6.97. The Labute approximate surface area is 126 Å². The van der Waals surface area contributed by atoms with Gasteiger partial charge in [-0.15, -0.1) is 23.2 Å². The minimum absolute atomic E-state index is 0.101. The lowest BCUT2D eigenvalue weighted by Crippen LogP contribution is -2.35. The number of aryl methyl sites for hydroxylation is 1. The lowest BCUT2D eigenvalue weighted by molar-refractivity contribution is 0.0581. The Kier molecular flexibility index (Phi) is 5.56. The molecule has 0 amide bonds. The molecule has 0 radical (unpaired) electrons. The number of ether oxygens (including phenoxy) is 1. The van der Waals surface area contributed by atoms with Crippen molar-refractivity contribution in [2.75, 3.05) is 25.0 Å². The SMILES string of the molecule is Cc1ccccc1C(CCl)(CCl)CC1CCOCC1. The van der Waals surface area contributed by atoms with E-state index in [9.17, 15) is 0 Å². The Morgan fingerprint density at radius 1 is 1.16 bits per heavy atom. The summed E-state index contributed by atoms with van der Waals surface area (Å²) >= 11 is 12.7. The first kappa shape index (κ1) is 15.2. The molecule has 1 heterocycles. The number of alkyl halides is 2. The molecular formula is C16H22Cl2O. The smallest absolute Gasteiger partial charge is 0.0468 e. The van der Waals surface area contributed by atoms with Crippen molar-refractivity contribution in [1.82, 2.24) is 0 Å². The molecule has 0 bridgehead atoms. The lowest BCUT2D eigenvalue weighted by Gasteiger charge is -2.36. The van der Waals surface area contributed by atoms with Crippen molar-refractivity contribution in [3.05, 3.63) is 35.4 Å². The zero-order valence-electron chi connectivity index (χ0n) is 11.5. The standard InChI is InChI=1S/C16H22Cl2O/c1-13-4-2-3-5-15(13)16(11-17,12-18)10-14-6-8-19-9-7-14/h2-5,14H,6-12H2,1H3. The molecule has 0 aromatic heterocycles. The maximum absolute atomic E-state index is 6.33. The zero-order valence-corrected chi connectivity index (χ0v) is 13.0. The maximum atomic E-state index is 6.33. The molecule has 0 atom stereocenters. The second-order valence-electron chi connectivity index (χ2n) is 5.62. The Hall–Kier alpha value is -0.240. The molecule has 0 aliphatic carbocycles. The van der Waals surface area contributed by atoms with Crippen LogP contribution in [0.3, 0.4) is 0 Å². The maximum Gasteiger partial charge on any atom is 0.0468 e. The number of hydrogen-bond donors (Lipinski definition) is 0. The fourth-order valence-corrected chi connectivity index (χ4v) is 3.86. The van der Waals surface area contributed by atoms with E-state index in [4.69, 9.17) is 27.9 Å². The predicted octanol–water partition coefficient (Wildman–Crippen LogP) is 4.53. The molecule has 0 spiro atoms. The van der Waals surface area contributed by atoms with Crippen molar-refractivity contribution in [2.24, 2.45) is 5.92 Å². The van der Waals surface area contributed by atoms with Gasteiger partial charge in [-0.25, -0.2) is 0 Å². The van der Waals surface area contributed by atoms with Crippen LogP contribution in [0.15, 0.2) is 24.3 Å². The quantitative estimate of drug-likeness (QED) is 0.726. The van der Waals surface area contributed by atoms with E-state index in [-0.39, 0.29) is 5.41 Å². The van der Waals surface area contributed by atoms with Gasteiger partial charge in [0.2, 0.25) is 0 Å². The lowest BCUT2D eigenvalue weighted by atomic mass is 9.73. The fraction of sp³-hybridized carbons (Fsp3) is 0.625. The Morgan fingerprint density at radius 3 is 2.37 bits per heavy atom. The van der Waals surface area contributed by atoms with Crippen molar-refractivity contribution in [2.45, 2.75) is 31.6 Å². The van der Waals surface area contributed by atoms with Crippen LogP contribution in [0.4, 0.5) is 0 Å². The topological polar surface area (TPSA) is 9.23 Å². The summed E-state index contributed by atoms with van der Waals surface area (Å²) in [6.45, 7) is 3.89. The van der Waals surface area contributed by atoms with E-state index in [1.165, 1.54) is 11.1 Å². The number of hydrogen-bond acceptors (Lipinski definition) is 1. The minimum atomic E-state index is -0.101. The van der Waals surface area contributed by atoms with E-state index in [0.29, 0.717) is 17.7 Å². The van der Waals surface area contributed by atoms with Gasteiger partial charge in [0, 0.05) is 30.4 Å². The Morgan fingerprint density at radius 2 is 1.79 bits per heavy atom. The van der Waals surface area contributed by atoms with Gasteiger partial charge in [-0.05, 0) is 43.2 Å². The van der Waals surface area contributed by atoms with Crippen molar-refractivity contribution < 1.29 is 4.74 Å². The highest BCUT2D eigenvalue weighted by Gasteiger charge is 2.35. The van der Waals surface area contributed by atoms with Gasteiger partial charge in [0.15, 0.2) is 0 Å². The van der Waals surface area contributed by atoms with Gasteiger partial charge in [-0.3, -0.25) is 0 Å². The second kappa shape index (κ2) is 6.97. The fourth-order valence-electron chi connectivity index (χ4n) is 3.07. The summed E-state index contributed by atoms with van der Waals surface area (Å²) in [4.78, 5) is 0. The summed E-state index contributed by atoms with van der Waals surface area (Å²) in [5, 5.41) is 0. The van der Waals surface area contributed by atoms with Crippen LogP contribution >= 0.6 is 23.2 Å². The minimum Gasteiger partial charge on any atom is -0.381 e. The van der Waals surface area contributed by atoms with Gasteiger partial charge in [-0.1, -0.05) is 24.3 Å². The summed E-state index contributed by atoms with van der Waals surface area (Å²) in [7, 11) is 0. The summed E-state index contributed by atoms with van der Waals surface area (Å²) < 4.78 is 5.44. The number of benzene rings is 1. The van der Waals surface area contributed by atoms with E-state index in [1.54, 1.807) is 0 Å². The number of halogens is 2. The largest absolute Gasteiger partial charge is 0.381 e. The first-order valence-corrected chi connectivity index (χ1v) is 8.04. The normalized spacial score (nSPS) is 17.6. The van der Waals surface area contributed by atoms with Crippen LogP contribution < -0.4 is 0 Å². The molecule has 1 nitrogen and oxygen atoms in total. The van der Waals surface area contributed by atoms with Crippen LogP contribution in [0, 0.1) is 12.8 Å². The van der Waals surface area contributed by atoms with Crippen LogP contribution in [-0.2, 0) is 10.2 Å². The van der Waals surface area contributed by atoms with Crippen molar-refractivity contribution in [3.63, 3.8) is 0 Å². The zero-order chi connectivity index (χ0) is 13.7. The summed E-state index contributed by atoms with van der Waals surface area (Å²) in [6, 6.07) is 8.48. The molecule has 0 saturated carbocycles. The molecule has 19 heavy (non-hydrogen) atoms. The molecule has 1 aromatic carbocycles. The van der Waals surface area contributed by atoms with E-state index in [1.807, 2.05) is 0 Å². The van der Waals surface area contributed by atoms with Gasteiger partial charge < -0.3 is 4.74 Å². The monoisotopic (exact) mass is 300 g/mol. The van der Waals surface area contributed by atoms with Crippen molar-refractivity contribution in [1.29, 1.82) is 0 Å². The van der Waals surface area contributed by atoms with Gasteiger partial charge in [0.1, 0.15) is 0 Å². The molecule has 1 aromatic rings. The molecule has 1 aliphatic rings. The van der Waals surface area contributed by atoms with Gasteiger partial charge >= 0.3 is 0 Å². The molecule has 1 aliphatic heterocycles. The van der Waals surface area contributed by atoms with Crippen LogP contribution in [0.25, 0.3) is 0 Å². The van der Waals surface area contributed by atoms with Crippen molar-refractivity contribution >= 4 is 23.2 Å². The van der Waals surface area contributed by atoms with Gasteiger partial charge in [-0.2, -0.15) is 0 Å². The van der Waals surface area contributed by atoms with Crippen LogP contribution in [0.1, 0.15) is 30.4 Å².